The van der Waals surface area contributed by atoms with E-state index in [1.165, 1.54) is 6.07 Å². The van der Waals surface area contributed by atoms with E-state index in [2.05, 4.69) is 0 Å². The van der Waals surface area contributed by atoms with Crippen molar-refractivity contribution in [2.24, 2.45) is 0 Å². The number of phenols is 1. The molecule has 0 bridgehead atoms. The number of hydrogen-bond donors (Lipinski definition) is 2. The monoisotopic (exact) mass is 255 g/mol. The molecule has 0 amide bonds. The number of rotatable bonds is 1. The summed E-state index contributed by atoms with van der Waals surface area (Å²) in [6, 6.07) is 13.6. The lowest BCUT2D eigenvalue weighted by Crippen LogP contribution is -2.05. The van der Waals surface area contributed by atoms with Crippen LogP contribution in [0.1, 0.15) is 0 Å². The van der Waals surface area contributed by atoms with Crippen LogP contribution in [0.15, 0.2) is 52.9 Å². The lowest BCUT2D eigenvalue weighted by atomic mass is 10.1. The van der Waals surface area contributed by atoms with Crippen molar-refractivity contribution in [1.29, 1.82) is 0 Å². The van der Waals surface area contributed by atoms with Gasteiger partial charge in [0.15, 0.2) is 11.1 Å². The first-order valence-corrected chi connectivity index (χ1v) is 5.73. The van der Waals surface area contributed by atoms with Gasteiger partial charge in [-0.15, -0.1) is 0 Å². The predicted octanol–water partition coefficient (Wildman–Crippen LogP) is 2.52. The van der Waals surface area contributed by atoms with Crippen molar-refractivity contribution in [3.63, 3.8) is 0 Å². The summed E-state index contributed by atoms with van der Waals surface area (Å²) in [4.78, 5) is 10.0. The first-order chi connectivity index (χ1) is 9.18. The normalized spacial score (nSPS) is 10.7. The fourth-order valence-electron chi connectivity index (χ4n) is 2.01. The van der Waals surface area contributed by atoms with Crippen molar-refractivity contribution in [3.05, 3.63) is 54.0 Å². The molecule has 94 valence electrons. The van der Waals surface area contributed by atoms with Gasteiger partial charge in [-0.25, -0.2) is 0 Å². The quantitative estimate of drug-likeness (QED) is 0.656. The van der Waals surface area contributed by atoms with Crippen LogP contribution in [0.3, 0.4) is 0 Å². The summed E-state index contributed by atoms with van der Waals surface area (Å²) in [5, 5.41) is 19.8. The van der Waals surface area contributed by atoms with Crippen LogP contribution in [-0.4, -0.2) is 15.0 Å². The van der Waals surface area contributed by atoms with Crippen LogP contribution in [0.25, 0.3) is 22.3 Å². The molecule has 0 atom stereocenters. The fourth-order valence-corrected chi connectivity index (χ4v) is 2.01. The van der Waals surface area contributed by atoms with E-state index >= 15 is 0 Å². The van der Waals surface area contributed by atoms with E-state index in [0.717, 1.165) is 0 Å². The van der Waals surface area contributed by atoms with Crippen LogP contribution in [0, 0.1) is 0 Å². The standard InChI is InChI=1S/C15H10O4/c16-10-7-4-8-11-12(10)13(17)14(18)15(19-11)9-5-2-1-3-6-9/h1-8,16,18H/p+1. The van der Waals surface area contributed by atoms with Crippen molar-refractivity contribution >= 4 is 11.0 Å². The summed E-state index contributed by atoms with van der Waals surface area (Å²) in [6.07, 6.45) is 0. The average Bonchev–Trinajstić information content (AvgIpc) is 2.43. The van der Waals surface area contributed by atoms with Crippen LogP contribution in [0.4, 0.5) is 0 Å². The molecule has 19 heavy (non-hydrogen) atoms. The first-order valence-electron chi connectivity index (χ1n) is 5.73. The molecule has 0 aliphatic rings. The highest BCUT2D eigenvalue weighted by Gasteiger charge is 2.21. The van der Waals surface area contributed by atoms with Crippen LogP contribution in [0.5, 0.6) is 11.5 Å². The van der Waals surface area contributed by atoms with Gasteiger partial charge in [-0.3, -0.25) is 4.79 Å². The Labute approximate surface area is 108 Å². The molecule has 3 rings (SSSR count). The molecule has 4 heteroatoms. The molecule has 1 aromatic heterocycles. The van der Waals surface area contributed by atoms with Gasteiger partial charge in [0.25, 0.3) is 5.75 Å². The number of hydrogen-bond acceptors (Lipinski definition) is 3. The smallest absolute Gasteiger partial charge is 0.399 e. The Morgan fingerprint density at radius 1 is 0.895 bits per heavy atom. The predicted molar refractivity (Wildman–Crippen MR) is 70.1 cm³/mol. The highest BCUT2D eigenvalue weighted by Crippen LogP contribution is 2.32. The average molecular weight is 255 g/mol. The zero-order chi connectivity index (χ0) is 13.4. The minimum atomic E-state index is -0.391. The van der Waals surface area contributed by atoms with Crippen LogP contribution < -0.4 is 5.43 Å². The van der Waals surface area contributed by atoms with Gasteiger partial charge < -0.3 is 14.6 Å². The summed E-state index contributed by atoms with van der Waals surface area (Å²) < 4.78 is 5.57. The Bertz CT molecular complexity index is 803. The Balaban J connectivity index is 2.41. The van der Waals surface area contributed by atoms with Crippen molar-refractivity contribution in [2.75, 3.05) is 0 Å². The third kappa shape index (κ3) is 1.74. The van der Waals surface area contributed by atoms with Crippen LogP contribution in [-0.2, 0) is 0 Å². The van der Waals surface area contributed by atoms with E-state index in [9.17, 15) is 15.0 Å². The van der Waals surface area contributed by atoms with Crippen LogP contribution in [0.2, 0.25) is 0 Å². The summed E-state index contributed by atoms with van der Waals surface area (Å²) >= 11 is 0. The van der Waals surface area contributed by atoms with Gasteiger partial charge in [-0.05, 0) is 12.1 Å². The molecular weight excluding hydrogens is 244 g/mol. The van der Waals surface area contributed by atoms with Crippen molar-refractivity contribution < 1.29 is 19.4 Å². The number of benzene rings is 2. The first kappa shape index (κ1) is 11.3. The van der Waals surface area contributed by atoms with E-state index in [-0.39, 0.29) is 22.6 Å². The highest BCUT2D eigenvalue weighted by atomic mass is 16.4. The minimum absolute atomic E-state index is 0.0969. The van der Waals surface area contributed by atoms with Crippen molar-refractivity contribution in [3.8, 4) is 22.8 Å². The molecule has 0 aliphatic carbocycles. The summed E-state index contributed by atoms with van der Waals surface area (Å²) in [6.45, 7) is 0. The lowest BCUT2D eigenvalue weighted by Gasteiger charge is -2.04. The van der Waals surface area contributed by atoms with Crippen molar-refractivity contribution in [2.45, 2.75) is 0 Å². The number of phenolic OH excluding ortho intramolecular Hbond substituents is 1. The van der Waals surface area contributed by atoms with Gasteiger partial charge in [0, 0.05) is 5.56 Å². The van der Waals surface area contributed by atoms with Gasteiger partial charge in [-0.1, -0.05) is 36.4 Å². The SMILES string of the molecule is Oc1c(-c2ccccc2)oc2cccc(O)c2c1=[OH+]. The molecule has 4 nitrogen and oxygen atoms in total. The zero-order valence-electron chi connectivity index (χ0n) is 9.87. The minimum Gasteiger partial charge on any atom is -0.507 e. The molecule has 3 N–H and O–H groups in total. The molecule has 0 unspecified atom stereocenters. The number of fused-ring (bicyclic) bond motifs is 1. The molecule has 1 heterocycles. The van der Waals surface area contributed by atoms with Crippen molar-refractivity contribution in [1.82, 2.24) is 0 Å². The van der Waals surface area contributed by atoms with E-state index in [1.807, 2.05) is 6.07 Å². The zero-order valence-corrected chi connectivity index (χ0v) is 9.87. The Hall–Kier alpha value is -2.75. The summed E-state index contributed by atoms with van der Waals surface area (Å²) in [7, 11) is 0. The molecule has 0 spiro atoms. The highest BCUT2D eigenvalue weighted by molar-refractivity contribution is 5.86. The molecular formula is C15H11O4+. The summed E-state index contributed by atoms with van der Waals surface area (Å²) in [5.41, 5.74) is 0.549. The van der Waals surface area contributed by atoms with Gasteiger partial charge in [0.1, 0.15) is 11.3 Å². The van der Waals surface area contributed by atoms with Gasteiger partial charge in [0.2, 0.25) is 0 Å². The third-order valence-electron chi connectivity index (χ3n) is 2.93. The molecule has 2 aromatic carbocycles. The second-order valence-corrected chi connectivity index (χ2v) is 4.14. The molecule has 0 aliphatic heterocycles. The largest absolute Gasteiger partial charge is 0.507 e. The maximum Gasteiger partial charge on any atom is 0.399 e. The molecule has 0 fully saturated rings. The number of aromatic hydroxyl groups is 2. The second kappa shape index (κ2) is 4.17. The van der Waals surface area contributed by atoms with E-state index in [4.69, 9.17) is 4.42 Å². The van der Waals surface area contributed by atoms with E-state index in [1.54, 1.807) is 36.4 Å². The molecule has 0 radical (unpaired) electrons. The van der Waals surface area contributed by atoms with Gasteiger partial charge >= 0.3 is 5.43 Å². The fraction of sp³-hybridized carbons (Fsp3) is 0. The van der Waals surface area contributed by atoms with Gasteiger partial charge in [0.05, 0.1) is 0 Å². The maximum atomic E-state index is 10.0. The maximum absolute atomic E-state index is 10.0. The van der Waals surface area contributed by atoms with Gasteiger partial charge in [-0.2, -0.15) is 0 Å². The van der Waals surface area contributed by atoms with E-state index in [0.29, 0.717) is 11.1 Å². The molecule has 3 aromatic rings. The third-order valence-corrected chi connectivity index (χ3v) is 2.93. The Kier molecular flexibility index (Phi) is 2.49. The summed E-state index contributed by atoms with van der Waals surface area (Å²) in [5.74, 6) is -0.370. The second-order valence-electron chi connectivity index (χ2n) is 4.14. The Morgan fingerprint density at radius 2 is 1.63 bits per heavy atom. The topological polar surface area (TPSA) is 75.0 Å². The van der Waals surface area contributed by atoms with Crippen LogP contribution >= 0.6 is 0 Å². The molecule has 0 saturated heterocycles. The van der Waals surface area contributed by atoms with E-state index < -0.39 is 5.43 Å². The lowest BCUT2D eigenvalue weighted by molar-refractivity contribution is 0.417. The Morgan fingerprint density at radius 3 is 2.37 bits per heavy atom. The molecule has 0 saturated carbocycles.